The van der Waals surface area contributed by atoms with Crippen molar-refractivity contribution in [1.82, 2.24) is 15.0 Å². The molecule has 0 amide bonds. The van der Waals surface area contributed by atoms with Crippen LogP contribution in [-0.2, 0) is 0 Å². The van der Waals surface area contributed by atoms with Gasteiger partial charge >= 0.3 is 0 Å². The Kier molecular flexibility index (Phi) is 6.56. The van der Waals surface area contributed by atoms with Gasteiger partial charge in [0.25, 0.3) is 0 Å². The van der Waals surface area contributed by atoms with Crippen LogP contribution in [0.2, 0.25) is 0 Å². The minimum Gasteiger partial charge on any atom is -0.456 e. The molecule has 2 aliphatic rings. The van der Waals surface area contributed by atoms with E-state index in [4.69, 9.17) is 19.4 Å². The minimum absolute atomic E-state index is 0.00752. The Labute approximate surface area is 289 Å². The van der Waals surface area contributed by atoms with Crippen LogP contribution in [0, 0.1) is 0 Å². The summed E-state index contributed by atoms with van der Waals surface area (Å²) in [5.41, 5.74) is 10.6. The Hall–Kier alpha value is -6.59. The van der Waals surface area contributed by atoms with Gasteiger partial charge in [0.15, 0.2) is 17.5 Å². The Morgan fingerprint density at radius 3 is 1.70 bits per heavy atom. The Morgan fingerprint density at radius 2 is 1.04 bits per heavy atom. The van der Waals surface area contributed by atoms with Crippen LogP contribution in [0.1, 0.15) is 28.8 Å². The third kappa shape index (κ3) is 4.51. The second-order valence-electron chi connectivity index (χ2n) is 12.7. The van der Waals surface area contributed by atoms with E-state index in [-0.39, 0.29) is 12.0 Å². The highest BCUT2D eigenvalue weighted by Gasteiger charge is 2.44. The van der Waals surface area contributed by atoms with Crippen molar-refractivity contribution in [3.05, 3.63) is 181 Å². The molecule has 0 saturated carbocycles. The zero-order valence-corrected chi connectivity index (χ0v) is 27.0. The van der Waals surface area contributed by atoms with Gasteiger partial charge in [0.2, 0.25) is 0 Å². The van der Waals surface area contributed by atoms with E-state index in [1.165, 1.54) is 16.8 Å². The number of rotatable bonds is 5. The molecule has 6 aromatic carbocycles. The molecule has 5 heteroatoms. The van der Waals surface area contributed by atoms with E-state index in [0.717, 1.165) is 50.2 Å². The second kappa shape index (κ2) is 11.5. The average molecular weight is 643 g/mol. The number of fused-ring (bicyclic) bond motifs is 7. The lowest BCUT2D eigenvalue weighted by molar-refractivity contribution is 0.573. The van der Waals surface area contributed by atoms with Crippen molar-refractivity contribution in [2.75, 3.05) is 4.90 Å². The van der Waals surface area contributed by atoms with E-state index in [1.54, 1.807) is 0 Å². The summed E-state index contributed by atoms with van der Waals surface area (Å²) in [4.78, 5) is 17.7. The molecule has 10 rings (SSSR count). The summed E-state index contributed by atoms with van der Waals surface area (Å²) in [5.74, 6) is 2.82. The van der Waals surface area contributed by atoms with Gasteiger partial charge in [-0.25, -0.2) is 15.0 Å². The van der Waals surface area contributed by atoms with Gasteiger partial charge in [0, 0.05) is 39.4 Å². The van der Waals surface area contributed by atoms with Crippen LogP contribution in [0.4, 0.5) is 11.4 Å². The van der Waals surface area contributed by atoms with E-state index in [0.29, 0.717) is 17.5 Å². The van der Waals surface area contributed by atoms with Gasteiger partial charge in [0.1, 0.15) is 11.3 Å². The Bertz CT molecular complexity index is 2490. The molecule has 0 saturated heterocycles. The Balaban J connectivity index is 1.26. The van der Waals surface area contributed by atoms with Gasteiger partial charge in [-0.05, 0) is 47.0 Å². The number of aromatic nitrogens is 3. The topological polar surface area (TPSA) is 55.1 Å². The molecule has 2 unspecified atom stereocenters. The third-order valence-electron chi connectivity index (χ3n) is 9.89. The molecular formula is C45H30N4O. The van der Waals surface area contributed by atoms with Crippen LogP contribution in [0.25, 0.3) is 62.3 Å². The van der Waals surface area contributed by atoms with Crippen LogP contribution in [-0.4, -0.2) is 15.0 Å². The molecule has 50 heavy (non-hydrogen) atoms. The van der Waals surface area contributed by atoms with E-state index in [1.807, 2.05) is 60.7 Å². The zero-order valence-electron chi connectivity index (χ0n) is 27.0. The largest absolute Gasteiger partial charge is 0.456 e. The molecule has 1 aliphatic heterocycles. The number of benzene rings is 6. The molecule has 8 aromatic rings. The monoisotopic (exact) mass is 642 g/mol. The van der Waals surface area contributed by atoms with Crippen LogP contribution in [0.15, 0.2) is 168 Å². The number of furan rings is 1. The lowest BCUT2D eigenvalue weighted by Crippen LogP contribution is -2.23. The number of hydrogen-bond acceptors (Lipinski definition) is 5. The number of nitrogens with zero attached hydrogens (tertiary/aromatic N) is 4. The maximum atomic E-state index is 7.01. The van der Waals surface area contributed by atoms with Crippen LogP contribution in [0.5, 0.6) is 0 Å². The van der Waals surface area contributed by atoms with Gasteiger partial charge in [-0.1, -0.05) is 140 Å². The highest BCUT2D eigenvalue weighted by molar-refractivity contribution is 6.06. The fraction of sp³-hybridized carbons (Fsp3) is 0.0444. The summed E-state index contributed by atoms with van der Waals surface area (Å²) in [6, 6.07) is 54.6. The normalized spacial score (nSPS) is 15.9. The van der Waals surface area contributed by atoms with Gasteiger partial charge in [-0.3, -0.25) is 0 Å². The SMILES string of the molecule is C1=CC2c3ccccc3N(c3ccccc3)C2c2c1oc1c(-c3nc(-c4ccccc4)nc(-c4ccccc4)n3)ccc(-c3ccccc3)c21. The first-order valence-electron chi connectivity index (χ1n) is 17.0. The number of hydrogen-bond donors (Lipinski definition) is 0. The maximum absolute atomic E-state index is 7.01. The minimum atomic E-state index is -0.00752. The standard InChI is InChI=1S/C45H30N4O/c1-5-15-29(16-6-1)33-25-26-36(45-47-43(30-17-7-2-8-18-30)46-44(48-45)31-19-9-3-10-20-31)42-39(33)40-38(50-42)28-27-35-34-23-13-14-24-37(34)49(41(35)40)32-21-11-4-12-22-32/h1-28,35,41H. The Morgan fingerprint density at radius 1 is 0.500 bits per heavy atom. The fourth-order valence-corrected chi connectivity index (χ4v) is 7.69. The summed E-state index contributed by atoms with van der Waals surface area (Å²) in [6.45, 7) is 0. The molecule has 0 N–H and O–H groups in total. The lowest BCUT2D eigenvalue weighted by Gasteiger charge is -2.32. The van der Waals surface area contributed by atoms with Crippen molar-refractivity contribution in [2.45, 2.75) is 12.0 Å². The van der Waals surface area contributed by atoms with Gasteiger partial charge in [-0.15, -0.1) is 0 Å². The molecule has 0 fully saturated rings. The molecule has 5 nitrogen and oxygen atoms in total. The quantitative estimate of drug-likeness (QED) is 0.187. The first-order chi connectivity index (χ1) is 24.8. The summed E-state index contributed by atoms with van der Waals surface area (Å²) >= 11 is 0. The molecule has 1 aliphatic carbocycles. The van der Waals surface area contributed by atoms with Crippen molar-refractivity contribution in [3.63, 3.8) is 0 Å². The van der Waals surface area contributed by atoms with Crippen molar-refractivity contribution < 1.29 is 4.42 Å². The first-order valence-corrected chi connectivity index (χ1v) is 17.0. The first kappa shape index (κ1) is 28.4. The van der Waals surface area contributed by atoms with Gasteiger partial charge in [-0.2, -0.15) is 0 Å². The van der Waals surface area contributed by atoms with Crippen LogP contribution < -0.4 is 4.90 Å². The van der Waals surface area contributed by atoms with E-state index < -0.39 is 0 Å². The van der Waals surface area contributed by atoms with Crippen molar-refractivity contribution in [2.24, 2.45) is 0 Å². The predicted octanol–water partition coefficient (Wildman–Crippen LogP) is 11.3. The smallest absolute Gasteiger partial charge is 0.167 e. The van der Waals surface area contributed by atoms with Crippen molar-refractivity contribution >= 4 is 28.4 Å². The van der Waals surface area contributed by atoms with Crippen LogP contribution in [0.3, 0.4) is 0 Å². The average Bonchev–Trinajstić information content (AvgIpc) is 3.75. The van der Waals surface area contributed by atoms with Crippen LogP contribution >= 0.6 is 0 Å². The van der Waals surface area contributed by atoms with Crippen molar-refractivity contribution in [1.29, 1.82) is 0 Å². The molecule has 0 bridgehead atoms. The third-order valence-corrected chi connectivity index (χ3v) is 9.89. The number of anilines is 2. The fourth-order valence-electron chi connectivity index (χ4n) is 7.69. The number of para-hydroxylation sites is 2. The van der Waals surface area contributed by atoms with E-state index >= 15 is 0 Å². The molecular weight excluding hydrogens is 613 g/mol. The molecule has 0 spiro atoms. The molecule has 3 heterocycles. The molecule has 0 radical (unpaired) electrons. The van der Waals surface area contributed by atoms with E-state index in [2.05, 4.69) is 114 Å². The highest BCUT2D eigenvalue weighted by atomic mass is 16.3. The van der Waals surface area contributed by atoms with Gasteiger partial charge in [0.05, 0.1) is 11.6 Å². The summed E-state index contributed by atoms with van der Waals surface area (Å²) in [5, 5.41) is 1.08. The maximum Gasteiger partial charge on any atom is 0.167 e. The summed E-state index contributed by atoms with van der Waals surface area (Å²) < 4.78 is 7.01. The zero-order chi connectivity index (χ0) is 33.0. The van der Waals surface area contributed by atoms with Crippen molar-refractivity contribution in [3.8, 4) is 45.3 Å². The summed E-state index contributed by atoms with van der Waals surface area (Å²) in [7, 11) is 0. The lowest BCUT2D eigenvalue weighted by atomic mass is 9.83. The molecule has 2 aromatic heterocycles. The second-order valence-corrected chi connectivity index (χ2v) is 12.7. The van der Waals surface area contributed by atoms with Gasteiger partial charge < -0.3 is 9.32 Å². The highest BCUT2D eigenvalue weighted by Crippen LogP contribution is 2.58. The summed E-state index contributed by atoms with van der Waals surface area (Å²) in [6.07, 6.45) is 4.47. The predicted molar refractivity (Wildman–Crippen MR) is 201 cm³/mol. The molecule has 236 valence electrons. The molecule has 2 atom stereocenters. The van der Waals surface area contributed by atoms with E-state index in [9.17, 15) is 0 Å².